The third-order valence-corrected chi connectivity index (χ3v) is 16.9. The topological polar surface area (TPSA) is 9.86 Å². The summed E-state index contributed by atoms with van der Waals surface area (Å²) in [5, 5.41) is 17.4. The van der Waals surface area contributed by atoms with Gasteiger partial charge in [0.1, 0.15) is 0 Å². The molecule has 2 nitrogen and oxygen atoms in total. The van der Waals surface area contributed by atoms with Gasteiger partial charge < -0.3 is 9.13 Å². The Hall–Kier alpha value is -9.50. The van der Waals surface area contributed by atoms with Gasteiger partial charge in [-0.05, 0) is 124 Å². The van der Waals surface area contributed by atoms with Crippen molar-refractivity contribution in [1.82, 2.24) is 9.13 Å². The highest BCUT2D eigenvalue weighted by Crippen LogP contribution is 2.53. The number of hydrogen-bond acceptors (Lipinski definition) is 0. The Labute approximate surface area is 467 Å². The van der Waals surface area contributed by atoms with E-state index in [9.17, 15) is 0 Å². The highest BCUT2D eigenvalue weighted by atomic mass is 15.0. The van der Waals surface area contributed by atoms with Crippen LogP contribution in [0.5, 0.6) is 0 Å². The van der Waals surface area contributed by atoms with E-state index in [0.29, 0.717) is 0 Å². The molecule has 0 aliphatic rings. The predicted molar refractivity (Wildman–Crippen MR) is 344 cm³/mol. The van der Waals surface area contributed by atoms with Crippen LogP contribution in [0.25, 0.3) is 143 Å². The molecular weight excluding hydrogens is 965 g/mol. The van der Waals surface area contributed by atoms with Gasteiger partial charge >= 0.3 is 0 Å². The van der Waals surface area contributed by atoms with Gasteiger partial charge in [0.05, 0.1) is 33.8 Å². The summed E-state index contributed by atoms with van der Waals surface area (Å²) in [5.41, 5.74) is 16.5. The number of rotatable bonds is 6. The lowest BCUT2D eigenvalue weighted by atomic mass is 9.73. The van der Waals surface area contributed by atoms with E-state index in [2.05, 4.69) is 305 Å². The molecule has 0 spiro atoms. The van der Waals surface area contributed by atoms with Crippen LogP contribution in [0.1, 0.15) is 52.7 Å². The molecule has 0 amide bonds. The Kier molecular flexibility index (Phi) is 10.7. The Morgan fingerprint density at radius 2 is 0.500 bits per heavy atom. The van der Waals surface area contributed by atoms with Crippen molar-refractivity contribution in [3.05, 3.63) is 266 Å². The molecule has 0 atom stereocenters. The maximum Gasteiger partial charge on any atom is 0.0619 e. The van der Waals surface area contributed by atoms with Gasteiger partial charge in [-0.1, -0.05) is 260 Å². The second-order valence-electron chi connectivity index (χ2n) is 24.0. The molecule has 0 aliphatic carbocycles. The number of benzene rings is 13. The van der Waals surface area contributed by atoms with Gasteiger partial charge in [0, 0.05) is 43.4 Å². The van der Waals surface area contributed by atoms with Gasteiger partial charge in [-0.15, -0.1) is 0 Å². The van der Waals surface area contributed by atoms with Crippen molar-refractivity contribution in [3.8, 4) is 56.1 Å². The molecule has 0 saturated heterocycles. The fraction of sp³-hybridized carbons (Fsp3) is 0.103. The summed E-state index contributed by atoms with van der Waals surface area (Å²) in [6, 6.07) is 95.5. The van der Waals surface area contributed by atoms with Crippen molar-refractivity contribution in [2.45, 2.75) is 52.4 Å². The van der Waals surface area contributed by atoms with Crippen LogP contribution in [0.3, 0.4) is 0 Å². The minimum absolute atomic E-state index is 0.286. The molecule has 13 aromatic carbocycles. The van der Waals surface area contributed by atoms with Crippen LogP contribution in [0, 0.1) is 0 Å². The Morgan fingerprint density at radius 1 is 0.237 bits per heavy atom. The van der Waals surface area contributed by atoms with Crippen LogP contribution in [0.15, 0.2) is 255 Å². The van der Waals surface area contributed by atoms with E-state index in [1.165, 1.54) is 154 Å². The summed E-state index contributed by atoms with van der Waals surface area (Å²) in [6.45, 7) is 14.6. The SMILES string of the molecule is CC(C)(C)c1c2cc3c(-c4ccccc4)c(-c4ccccc4)n(-c4c5ccccc5cc5ccccc45)c3cc2c(C(C)(C)C)c2cc3c(-c4ccccc4)c(-c4ccccc4)n(-c4c5ccccc5cc5ccccc45)c3cc12. The second kappa shape index (κ2) is 18.0. The zero-order valence-electron chi connectivity index (χ0n) is 46.1. The molecule has 2 heteroatoms. The highest BCUT2D eigenvalue weighted by molar-refractivity contribution is 6.22. The molecular formula is C78H60N2. The van der Waals surface area contributed by atoms with Gasteiger partial charge in [-0.3, -0.25) is 0 Å². The summed E-state index contributed by atoms with van der Waals surface area (Å²) in [4.78, 5) is 0. The molecule has 2 aromatic heterocycles. The number of fused-ring (bicyclic) bond motifs is 8. The second-order valence-corrected chi connectivity index (χ2v) is 24.0. The van der Waals surface area contributed by atoms with Crippen LogP contribution in [-0.4, -0.2) is 9.13 Å². The molecule has 0 aliphatic heterocycles. The van der Waals surface area contributed by atoms with E-state index in [1.807, 2.05) is 0 Å². The van der Waals surface area contributed by atoms with Crippen molar-refractivity contribution < 1.29 is 0 Å². The number of aromatic nitrogens is 2. The van der Waals surface area contributed by atoms with Crippen LogP contribution in [0.2, 0.25) is 0 Å². The fourth-order valence-corrected chi connectivity index (χ4v) is 13.9. The lowest BCUT2D eigenvalue weighted by Crippen LogP contribution is -2.18. The quantitative estimate of drug-likeness (QED) is 0.147. The summed E-state index contributed by atoms with van der Waals surface area (Å²) >= 11 is 0. The van der Waals surface area contributed by atoms with Crippen molar-refractivity contribution in [3.63, 3.8) is 0 Å². The van der Waals surface area contributed by atoms with Gasteiger partial charge in [0.25, 0.3) is 0 Å². The maximum atomic E-state index is 2.64. The first-order chi connectivity index (χ1) is 39.0. The fourth-order valence-electron chi connectivity index (χ4n) is 13.9. The number of hydrogen-bond donors (Lipinski definition) is 0. The van der Waals surface area contributed by atoms with Crippen LogP contribution < -0.4 is 0 Å². The molecule has 0 unspecified atom stereocenters. The van der Waals surface area contributed by atoms with Crippen LogP contribution in [0.4, 0.5) is 0 Å². The minimum Gasteiger partial charge on any atom is -0.307 e. The van der Waals surface area contributed by atoms with Gasteiger partial charge in [-0.25, -0.2) is 0 Å². The normalized spacial score (nSPS) is 12.4. The van der Waals surface area contributed by atoms with E-state index in [-0.39, 0.29) is 10.8 Å². The van der Waals surface area contributed by atoms with Crippen molar-refractivity contribution in [2.24, 2.45) is 0 Å². The summed E-state index contributed by atoms with van der Waals surface area (Å²) in [6.07, 6.45) is 0. The average molecular weight is 1030 g/mol. The lowest BCUT2D eigenvalue weighted by molar-refractivity contribution is 0.593. The first-order valence-electron chi connectivity index (χ1n) is 28.3. The average Bonchev–Trinajstić information content (AvgIpc) is 4.17. The minimum atomic E-state index is -0.286. The smallest absolute Gasteiger partial charge is 0.0619 e. The molecule has 0 N–H and O–H groups in total. The van der Waals surface area contributed by atoms with Crippen molar-refractivity contribution in [1.29, 1.82) is 0 Å². The lowest BCUT2D eigenvalue weighted by Gasteiger charge is -2.31. The van der Waals surface area contributed by atoms with E-state index in [1.54, 1.807) is 0 Å². The third-order valence-electron chi connectivity index (χ3n) is 16.9. The standard InChI is InChI=1S/C78H60N2/c1-77(2,3)71-61-45-65-68(80(73(51-31-15-9-16-32-51)69(65)49-27-11-7-12-28-49)76-59-41-25-21-37-55(59)44-56-38-22-26-42-60(56)76)48-64(61)72(78(4,5)6)62-46-66-67(47-63(62)71)79(74(52-33-17-10-18-34-52)70(66)50-29-13-8-14-30-50)75-57-39-23-19-35-53(57)43-54-36-20-24-40-58(54)75/h7-48H,1-6H3. The van der Waals surface area contributed by atoms with Crippen molar-refractivity contribution >= 4 is 86.4 Å². The largest absolute Gasteiger partial charge is 0.307 e. The Balaban J connectivity index is 1.20. The third kappa shape index (κ3) is 7.32. The molecule has 0 saturated carbocycles. The van der Waals surface area contributed by atoms with Crippen molar-refractivity contribution in [2.75, 3.05) is 0 Å². The van der Waals surface area contributed by atoms with Gasteiger partial charge in [0.2, 0.25) is 0 Å². The number of nitrogens with zero attached hydrogens (tertiary/aromatic N) is 2. The molecule has 15 aromatic rings. The zero-order chi connectivity index (χ0) is 54.0. The van der Waals surface area contributed by atoms with Gasteiger partial charge in [-0.2, -0.15) is 0 Å². The molecule has 2 heterocycles. The van der Waals surface area contributed by atoms with E-state index in [0.717, 1.165) is 0 Å². The first kappa shape index (κ1) is 47.7. The van der Waals surface area contributed by atoms with E-state index >= 15 is 0 Å². The first-order valence-corrected chi connectivity index (χ1v) is 28.3. The maximum absolute atomic E-state index is 2.64. The summed E-state index contributed by atoms with van der Waals surface area (Å²) in [5.74, 6) is 0. The van der Waals surface area contributed by atoms with E-state index < -0.39 is 0 Å². The molecule has 80 heavy (non-hydrogen) atoms. The Morgan fingerprint density at radius 3 is 0.800 bits per heavy atom. The highest BCUT2D eigenvalue weighted by Gasteiger charge is 2.33. The summed E-state index contributed by atoms with van der Waals surface area (Å²) in [7, 11) is 0. The molecule has 0 bridgehead atoms. The Bertz CT molecular complexity index is 4540. The predicted octanol–water partition coefficient (Wildman–Crippen LogP) is 21.8. The molecule has 0 radical (unpaired) electrons. The molecule has 15 rings (SSSR count). The summed E-state index contributed by atoms with van der Waals surface area (Å²) < 4.78 is 5.28. The zero-order valence-corrected chi connectivity index (χ0v) is 46.1. The molecule has 382 valence electrons. The van der Waals surface area contributed by atoms with Gasteiger partial charge in [0.15, 0.2) is 0 Å². The van der Waals surface area contributed by atoms with E-state index in [4.69, 9.17) is 0 Å². The van der Waals surface area contributed by atoms with Crippen LogP contribution in [-0.2, 0) is 10.8 Å². The van der Waals surface area contributed by atoms with Crippen LogP contribution >= 0.6 is 0 Å². The monoisotopic (exact) mass is 1020 g/mol. The molecule has 0 fully saturated rings.